The molecule has 0 radical (unpaired) electrons. The second-order valence-corrected chi connectivity index (χ2v) is 6.16. The van der Waals surface area contributed by atoms with Crippen molar-refractivity contribution in [3.8, 4) is 0 Å². The van der Waals surface area contributed by atoms with Crippen molar-refractivity contribution in [3.05, 3.63) is 47.9 Å². The summed E-state index contributed by atoms with van der Waals surface area (Å²) in [7, 11) is 0. The zero-order valence-electron chi connectivity index (χ0n) is 13.4. The third-order valence-corrected chi connectivity index (χ3v) is 4.10. The van der Waals surface area contributed by atoms with E-state index in [4.69, 9.17) is 9.15 Å². The molecule has 6 nitrogen and oxygen atoms in total. The molecule has 0 saturated carbocycles. The van der Waals surface area contributed by atoms with E-state index >= 15 is 0 Å². The van der Waals surface area contributed by atoms with Crippen molar-refractivity contribution in [1.29, 1.82) is 0 Å². The number of hydrogen-bond donors (Lipinski definition) is 1. The van der Waals surface area contributed by atoms with Gasteiger partial charge in [-0.05, 0) is 24.1 Å². The van der Waals surface area contributed by atoms with E-state index in [1.807, 2.05) is 26.0 Å². The second kappa shape index (κ2) is 6.91. The molecule has 0 bridgehead atoms. The Morgan fingerprint density at radius 3 is 2.87 bits per heavy atom. The Morgan fingerprint density at radius 1 is 1.35 bits per heavy atom. The zero-order chi connectivity index (χ0) is 16.2. The zero-order valence-corrected chi connectivity index (χ0v) is 13.4. The van der Waals surface area contributed by atoms with Gasteiger partial charge in [-0.2, -0.15) is 0 Å². The second-order valence-electron chi connectivity index (χ2n) is 6.16. The van der Waals surface area contributed by atoms with E-state index < -0.39 is 0 Å². The lowest BCUT2D eigenvalue weighted by Crippen LogP contribution is -2.41. The Hall–Kier alpha value is -2.21. The first-order valence-electron chi connectivity index (χ1n) is 7.86. The van der Waals surface area contributed by atoms with Crippen LogP contribution >= 0.6 is 0 Å². The molecule has 0 aliphatic carbocycles. The van der Waals surface area contributed by atoms with E-state index in [1.165, 1.54) is 12.0 Å². The first-order chi connectivity index (χ1) is 11.1. The highest BCUT2D eigenvalue weighted by molar-refractivity contribution is 5.93. The summed E-state index contributed by atoms with van der Waals surface area (Å²) in [6, 6.07) is 3.96. The fraction of sp³-hybridized carbons (Fsp3) is 0.471. The highest BCUT2D eigenvalue weighted by Gasteiger charge is 2.31. The summed E-state index contributed by atoms with van der Waals surface area (Å²) in [6.45, 7) is 5.11. The summed E-state index contributed by atoms with van der Waals surface area (Å²) >= 11 is 0. The van der Waals surface area contributed by atoms with Crippen molar-refractivity contribution in [1.82, 2.24) is 15.3 Å². The summed E-state index contributed by atoms with van der Waals surface area (Å²) in [5, 5.41) is 3.04. The molecule has 1 aliphatic rings. The number of rotatable bonds is 5. The number of ether oxygens (including phenoxy) is 1. The van der Waals surface area contributed by atoms with Crippen LogP contribution in [0, 0.1) is 5.92 Å². The van der Waals surface area contributed by atoms with Crippen LogP contribution in [0.25, 0.3) is 0 Å². The fourth-order valence-electron chi connectivity index (χ4n) is 2.85. The maximum Gasteiger partial charge on any atom is 0.273 e. The smallest absolute Gasteiger partial charge is 0.273 e. The molecule has 1 aliphatic heterocycles. The van der Waals surface area contributed by atoms with Gasteiger partial charge in [0.25, 0.3) is 5.91 Å². The first-order valence-corrected chi connectivity index (χ1v) is 7.86. The summed E-state index contributed by atoms with van der Waals surface area (Å²) in [6.07, 6.45) is 5.74. The van der Waals surface area contributed by atoms with Crippen LogP contribution in [0.1, 0.15) is 41.6 Å². The SMILES string of the molecule is CC(C)c1ocnc1C(=O)N[C@@H]1COC[C@H]1Cc1ccncc1. The van der Waals surface area contributed by atoms with Crippen LogP contribution in [-0.4, -0.2) is 35.1 Å². The average molecular weight is 315 g/mol. The summed E-state index contributed by atoms with van der Waals surface area (Å²) in [4.78, 5) is 20.6. The third kappa shape index (κ3) is 3.59. The van der Waals surface area contributed by atoms with Gasteiger partial charge in [0.2, 0.25) is 0 Å². The molecule has 2 atom stereocenters. The van der Waals surface area contributed by atoms with Crippen LogP contribution in [0.5, 0.6) is 0 Å². The normalized spacial score (nSPS) is 20.8. The van der Waals surface area contributed by atoms with E-state index in [9.17, 15) is 4.79 Å². The molecule has 0 unspecified atom stereocenters. The highest BCUT2D eigenvalue weighted by Crippen LogP contribution is 2.21. The van der Waals surface area contributed by atoms with Gasteiger partial charge in [0.05, 0.1) is 19.3 Å². The molecular weight excluding hydrogens is 294 g/mol. The minimum Gasteiger partial charge on any atom is -0.447 e. The lowest BCUT2D eigenvalue weighted by atomic mass is 9.95. The van der Waals surface area contributed by atoms with Crippen LogP contribution in [-0.2, 0) is 11.2 Å². The lowest BCUT2D eigenvalue weighted by molar-refractivity contribution is 0.0918. The maximum absolute atomic E-state index is 12.5. The summed E-state index contributed by atoms with van der Waals surface area (Å²) in [5.41, 5.74) is 1.56. The highest BCUT2D eigenvalue weighted by atomic mass is 16.5. The molecule has 2 aromatic rings. The van der Waals surface area contributed by atoms with Crippen molar-refractivity contribution >= 4 is 5.91 Å². The number of aromatic nitrogens is 2. The molecule has 3 heterocycles. The molecule has 1 saturated heterocycles. The van der Waals surface area contributed by atoms with Crippen LogP contribution in [0.4, 0.5) is 0 Å². The van der Waals surface area contributed by atoms with Gasteiger partial charge in [-0.3, -0.25) is 9.78 Å². The topological polar surface area (TPSA) is 77.2 Å². The molecule has 6 heteroatoms. The van der Waals surface area contributed by atoms with Crippen LogP contribution < -0.4 is 5.32 Å². The van der Waals surface area contributed by atoms with Gasteiger partial charge < -0.3 is 14.5 Å². The van der Waals surface area contributed by atoms with E-state index in [0.717, 1.165) is 6.42 Å². The molecule has 2 aromatic heterocycles. The Labute approximate surface area is 135 Å². The van der Waals surface area contributed by atoms with Crippen LogP contribution in [0.3, 0.4) is 0 Å². The largest absolute Gasteiger partial charge is 0.447 e. The summed E-state index contributed by atoms with van der Waals surface area (Å²) in [5.74, 6) is 0.784. The number of hydrogen-bond acceptors (Lipinski definition) is 5. The Balaban J connectivity index is 1.66. The molecule has 3 rings (SSSR count). The van der Waals surface area contributed by atoms with Crippen molar-refractivity contribution in [2.24, 2.45) is 5.92 Å². The van der Waals surface area contributed by atoms with Crippen molar-refractivity contribution in [2.45, 2.75) is 32.2 Å². The minimum atomic E-state index is -0.197. The van der Waals surface area contributed by atoms with Crippen molar-refractivity contribution in [2.75, 3.05) is 13.2 Å². The number of carbonyl (C=O) groups excluding carboxylic acids is 1. The van der Waals surface area contributed by atoms with Crippen LogP contribution in [0.15, 0.2) is 35.3 Å². The van der Waals surface area contributed by atoms with Crippen molar-refractivity contribution in [3.63, 3.8) is 0 Å². The molecular formula is C17H21N3O3. The van der Waals surface area contributed by atoms with Crippen LogP contribution in [0.2, 0.25) is 0 Å². The fourth-order valence-corrected chi connectivity index (χ4v) is 2.85. The molecule has 23 heavy (non-hydrogen) atoms. The number of amides is 1. The molecule has 1 amide bonds. The average Bonchev–Trinajstić information content (AvgIpc) is 3.18. The predicted octanol–water partition coefficient (Wildman–Crippen LogP) is 2.18. The lowest BCUT2D eigenvalue weighted by Gasteiger charge is -2.19. The van der Waals surface area contributed by atoms with E-state index in [2.05, 4.69) is 15.3 Å². The number of carbonyl (C=O) groups is 1. The minimum absolute atomic E-state index is 0.0209. The molecule has 122 valence electrons. The Morgan fingerprint density at radius 2 is 2.13 bits per heavy atom. The van der Waals surface area contributed by atoms with Gasteiger partial charge in [-0.1, -0.05) is 13.8 Å². The Bertz CT molecular complexity index is 654. The Kier molecular flexibility index (Phi) is 4.71. The van der Waals surface area contributed by atoms with Gasteiger partial charge in [0.15, 0.2) is 12.1 Å². The molecule has 1 N–H and O–H groups in total. The predicted molar refractivity (Wildman–Crippen MR) is 84.1 cm³/mol. The number of oxazole rings is 1. The summed E-state index contributed by atoms with van der Waals surface area (Å²) < 4.78 is 10.9. The monoisotopic (exact) mass is 315 g/mol. The quantitative estimate of drug-likeness (QED) is 0.915. The molecule has 0 spiro atoms. The third-order valence-electron chi connectivity index (χ3n) is 4.10. The standard InChI is InChI=1S/C17H21N3O3/c1-11(2)16-15(19-10-23-16)17(21)20-14-9-22-8-13(14)7-12-3-5-18-6-4-12/h3-6,10-11,13-14H,7-9H2,1-2H3,(H,20,21)/t13-,14-/m1/s1. The number of nitrogens with one attached hydrogen (secondary N) is 1. The van der Waals surface area contributed by atoms with E-state index in [0.29, 0.717) is 24.7 Å². The maximum atomic E-state index is 12.5. The van der Waals surface area contributed by atoms with Gasteiger partial charge in [-0.15, -0.1) is 0 Å². The van der Waals surface area contributed by atoms with Gasteiger partial charge in [0.1, 0.15) is 5.76 Å². The van der Waals surface area contributed by atoms with Gasteiger partial charge >= 0.3 is 0 Å². The van der Waals surface area contributed by atoms with E-state index in [1.54, 1.807) is 12.4 Å². The van der Waals surface area contributed by atoms with E-state index in [-0.39, 0.29) is 23.8 Å². The van der Waals surface area contributed by atoms with Crippen molar-refractivity contribution < 1.29 is 13.9 Å². The number of nitrogens with zero attached hydrogens (tertiary/aromatic N) is 2. The molecule has 1 fully saturated rings. The molecule has 0 aromatic carbocycles. The van der Waals surface area contributed by atoms with Gasteiger partial charge in [0, 0.05) is 24.2 Å². The first kappa shape index (κ1) is 15.7. The van der Waals surface area contributed by atoms with Gasteiger partial charge in [-0.25, -0.2) is 4.98 Å². The number of pyridine rings is 1.